The standard InChI is InChI=1S/C15H8Cl3NO/c16-13-7-11(8-14(17)15(13)18)2-1-10-3-5-12(6-4-10)20-9-19/h1-8H/b2-1+. The van der Waals surface area contributed by atoms with Gasteiger partial charge in [0.25, 0.3) is 6.26 Å². The molecule has 0 bridgehead atoms. The molecule has 0 amide bonds. The van der Waals surface area contributed by atoms with E-state index in [-0.39, 0.29) is 0 Å². The second-order valence-corrected chi connectivity index (χ2v) is 5.09. The molecule has 0 heterocycles. The highest BCUT2D eigenvalue weighted by atomic mass is 35.5. The largest absolute Gasteiger partial charge is 0.388 e. The number of benzene rings is 2. The summed E-state index contributed by atoms with van der Waals surface area (Å²) in [6.07, 6.45) is 5.38. The zero-order chi connectivity index (χ0) is 14.5. The summed E-state index contributed by atoms with van der Waals surface area (Å²) in [6.45, 7) is 0. The molecule has 2 aromatic rings. The number of hydrogen-bond donors (Lipinski definition) is 0. The maximum atomic E-state index is 8.39. The van der Waals surface area contributed by atoms with E-state index >= 15 is 0 Å². The Kier molecular flexibility index (Phi) is 4.92. The quantitative estimate of drug-likeness (QED) is 0.413. The summed E-state index contributed by atoms with van der Waals surface area (Å²) < 4.78 is 4.70. The lowest BCUT2D eigenvalue weighted by Gasteiger charge is -2.01. The van der Waals surface area contributed by atoms with Crippen LogP contribution >= 0.6 is 34.8 Å². The number of nitriles is 1. The van der Waals surface area contributed by atoms with Gasteiger partial charge in [-0.05, 0) is 35.4 Å². The molecule has 0 saturated heterocycles. The molecule has 0 aliphatic heterocycles. The van der Waals surface area contributed by atoms with E-state index in [2.05, 4.69) is 0 Å². The lowest BCUT2D eigenvalue weighted by molar-refractivity contribution is 0.507. The van der Waals surface area contributed by atoms with Gasteiger partial charge >= 0.3 is 0 Å². The Labute approximate surface area is 131 Å². The molecule has 2 rings (SSSR count). The van der Waals surface area contributed by atoms with Crippen LogP contribution in [0.4, 0.5) is 0 Å². The van der Waals surface area contributed by atoms with Crippen LogP contribution in [-0.2, 0) is 0 Å². The molecule has 20 heavy (non-hydrogen) atoms. The van der Waals surface area contributed by atoms with Crippen molar-refractivity contribution in [1.82, 2.24) is 0 Å². The number of ether oxygens (including phenoxy) is 1. The van der Waals surface area contributed by atoms with Gasteiger partial charge in [-0.15, -0.1) is 5.26 Å². The summed E-state index contributed by atoms with van der Waals surface area (Å²) in [5, 5.41) is 9.57. The van der Waals surface area contributed by atoms with Gasteiger partial charge in [-0.3, -0.25) is 0 Å². The van der Waals surface area contributed by atoms with Gasteiger partial charge in [0.1, 0.15) is 5.75 Å². The molecule has 5 heteroatoms. The third-order valence-corrected chi connectivity index (χ3v) is 3.71. The zero-order valence-electron chi connectivity index (χ0n) is 10.1. The highest BCUT2D eigenvalue weighted by Gasteiger charge is 2.04. The summed E-state index contributed by atoms with van der Waals surface area (Å²) in [5.41, 5.74) is 1.80. The van der Waals surface area contributed by atoms with Crippen molar-refractivity contribution in [3.63, 3.8) is 0 Å². The van der Waals surface area contributed by atoms with Gasteiger partial charge in [0.2, 0.25) is 0 Å². The van der Waals surface area contributed by atoms with Gasteiger partial charge in [0.05, 0.1) is 15.1 Å². The molecule has 100 valence electrons. The molecule has 2 aromatic carbocycles. The van der Waals surface area contributed by atoms with Crippen LogP contribution in [0.2, 0.25) is 15.1 Å². The minimum absolute atomic E-state index is 0.350. The molecule has 0 radical (unpaired) electrons. The monoisotopic (exact) mass is 323 g/mol. The Bertz CT molecular complexity index is 664. The number of nitrogens with zero attached hydrogens (tertiary/aromatic N) is 1. The van der Waals surface area contributed by atoms with Crippen LogP contribution in [0.15, 0.2) is 36.4 Å². The van der Waals surface area contributed by atoms with E-state index in [4.69, 9.17) is 44.8 Å². The number of halogens is 3. The molecule has 0 saturated carbocycles. The van der Waals surface area contributed by atoms with Crippen LogP contribution in [0.5, 0.6) is 5.75 Å². The van der Waals surface area contributed by atoms with Crippen molar-refractivity contribution in [2.45, 2.75) is 0 Å². The van der Waals surface area contributed by atoms with E-state index in [0.717, 1.165) is 11.1 Å². The Morgan fingerprint density at radius 3 is 2.00 bits per heavy atom. The molecule has 0 unspecified atom stereocenters. The lowest BCUT2D eigenvalue weighted by atomic mass is 10.1. The summed E-state index contributed by atoms with van der Waals surface area (Å²) >= 11 is 17.8. The number of rotatable bonds is 3. The summed E-state index contributed by atoms with van der Waals surface area (Å²) in [5.74, 6) is 0.502. The van der Waals surface area contributed by atoms with Gasteiger partial charge in [-0.1, -0.05) is 59.1 Å². The fourth-order valence-electron chi connectivity index (χ4n) is 1.56. The first-order chi connectivity index (χ1) is 9.60. The number of hydrogen-bond acceptors (Lipinski definition) is 2. The van der Waals surface area contributed by atoms with E-state index in [1.807, 2.05) is 24.3 Å². The van der Waals surface area contributed by atoms with Crippen molar-refractivity contribution in [3.8, 4) is 12.0 Å². The summed E-state index contributed by atoms with van der Waals surface area (Å²) in [4.78, 5) is 0. The van der Waals surface area contributed by atoms with E-state index in [1.165, 1.54) is 0 Å². The van der Waals surface area contributed by atoms with Gasteiger partial charge < -0.3 is 4.74 Å². The second kappa shape index (κ2) is 6.67. The van der Waals surface area contributed by atoms with Crippen molar-refractivity contribution in [1.29, 1.82) is 5.26 Å². The molecule has 2 nitrogen and oxygen atoms in total. The smallest absolute Gasteiger partial charge is 0.292 e. The molecule has 0 fully saturated rings. The maximum absolute atomic E-state index is 8.39. The van der Waals surface area contributed by atoms with Crippen molar-refractivity contribution in [3.05, 3.63) is 62.6 Å². The zero-order valence-corrected chi connectivity index (χ0v) is 12.4. The first kappa shape index (κ1) is 14.7. The average Bonchev–Trinajstić information content (AvgIpc) is 2.44. The SMILES string of the molecule is N#COc1ccc(/C=C/c2cc(Cl)c(Cl)c(Cl)c2)cc1. The molecular formula is C15H8Cl3NO. The molecule has 0 aliphatic carbocycles. The third kappa shape index (κ3) is 3.68. The molecule has 0 atom stereocenters. The van der Waals surface area contributed by atoms with Crippen molar-refractivity contribution < 1.29 is 4.74 Å². The Morgan fingerprint density at radius 2 is 1.45 bits per heavy atom. The Hall–Kier alpha value is -1.66. The predicted molar refractivity (Wildman–Crippen MR) is 83.1 cm³/mol. The van der Waals surface area contributed by atoms with E-state index in [9.17, 15) is 0 Å². The second-order valence-electron chi connectivity index (χ2n) is 3.89. The minimum atomic E-state index is 0.350. The minimum Gasteiger partial charge on any atom is -0.388 e. The van der Waals surface area contributed by atoms with E-state index in [0.29, 0.717) is 20.8 Å². The summed E-state index contributed by atoms with van der Waals surface area (Å²) in [6, 6.07) is 10.6. The van der Waals surface area contributed by atoms with Crippen LogP contribution in [0.1, 0.15) is 11.1 Å². The van der Waals surface area contributed by atoms with Crippen LogP contribution in [0.25, 0.3) is 12.2 Å². The van der Waals surface area contributed by atoms with Crippen LogP contribution < -0.4 is 4.74 Å². The first-order valence-electron chi connectivity index (χ1n) is 5.59. The van der Waals surface area contributed by atoms with E-state index in [1.54, 1.807) is 30.5 Å². The van der Waals surface area contributed by atoms with Crippen molar-refractivity contribution in [2.24, 2.45) is 0 Å². The summed E-state index contributed by atoms with van der Waals surface area (Å²) in [7, 11) is 0. The average molecular weight is 325 g/mol. The maximum Gasteiger partial charge on any atom is 0.292 e. The van der Waals surface area contributed by atoms with Gasteiger partial charge in [0.15, 0.2) is 0 Å². The fraction of sp³-hybridized carbons (Fsp3) is 0. The van der Waals surface area contributed by atoms with Gasteiger partial charge in [-0.2, -0.15) is 0 Å². The molecule has 0 spiro atoms. The van der Waals surface area contributed by atoms with Crippen molar-refractivity contribution in [2.75, 3.05) is 0 Å². The highest BCUT2D eigenvalue weighted by molar-refractivity contribution is 6.48. The van der Waals surface area contributed by atoms with Crippen LogP contribution in [0, 0.1) is 11.5 Å². The van der Waals surface area contributed by atoms with E-state index < -0.39 is 0 Å². The van der Waals surface area contributed by atoms with Crippen LogP contribution in [0.3, 0.4) is 0 Å². The van der Waals surface area contributed by atoms with Gasteiger partial charge in [-0.25, -0.2) is 0 Å². The molecular weight excluding hydrogens is 317 g/mol. The predicted octanol–water partition coefficient (Wildman–Crippen LogP) is 5.68. The molecule has 0 aliphatic rings. The topological polar surface area (TPSA) is 33.0 Å². The highest BCUT2D eigenvalue weighted by Crippen LogP contribution is 2.31. The Morgan fingerprint density at radius 1 is 0.900 bits per heavy atom. The first-order valence-corrected chi connectivity index (χ1v) is 6.72. The lowest BCUT2D eigenvalue weighted by Crippen LogP contribution is -1.81. The fourth-order valence-corrected chi connectivity index (χ4v) is 2.18. The van der Waals surface area contributed by atoms with Gasteiger partial charge in [0, 0.05) is 0 Å². The molecule has 0 N–H and O–H groups in total. The third-order valence-electron chi connectivity index (χ3n) is 2.52. The van der Waals surface area contributed by atoms with Crippen LogP contribution in [-0.4, -0.2) is 0 Å². The normalized spacial score (nSPS) is 10.5. The Balaban J connectivity index is 2.19. The van der Waals surface area contributed by atoms with Crippen molar-refractivity contribution >= 4 is 47.0 Å². The molecule has 0 aromatic heterocycles.